The minimum atomic E-state index is -0.990. The van der Waals surface area contributed by atoms with Crippen LogP contribution in [-0.4, -0.2) is 16.7 Å². The lowest BCUT2D eigenvalue weighted by Crippen LogP contribution is -2.52. The van der Waals surface area contributed by atoms with E-state index in [1.54, 1.807) is 4.90 Å². The van der Waals surface area contributed by atoms with Gasteiger partial charge in [-0.2, -0.15) is 0 Å². The van der Waals surface area contributed by atoms with E-state index in [9.17, 15) is 9.59 Å². The summed E-state index contributed by atoms with van der Waals surface area (Å²) < 4.78 is 0. The lowest BCUT2D eigenvalue weighted by atomic mass is 9.70. The number of nitrogens with zero attached hydrogens (tertiary/aromatic N) is 1. The number of hydrogen-bond acceptors (Lipinski definition) is 2. The Balaban J connectivity index is 2.25. The number of benzene rings is 3. The van der Waals surface area contributed by atoms with Gasteiger partial charge in [0.05, 0.1) is 0 Å². The van der Waals surface area contributed by atoms with Gasteiger partial charge in [0.25, 0.3) is 0 Å². The lowest BCUT2D eigenvalue weighted by molar-refractivity contribution is -0.143. The molecule has 32 heavy (non-hydrogen) atoms. The van der Waals surface area contributed by atoms with Crippen molar-refractivity contribution in [1.29, 1.82) is 0 Å². The Morgan fingerprint density at radius 3 is 1.22 bits per heavy atom. The Morgan fingerprint density at radius 1 is 0.594 bits per heavy atom. The predicted molar refractivity (Wildman–Crippen MR) is 128 cm³/mol. The highest BCUT2D eigenvalue weighted by atomic mass is 16.2. The van der Waals surface area contributed by atoms with E-state index in [0.717, 1.165) is 52.6 Å². The van der Waals surface area contributed by atoms with E-state index in [2.05, 4.69) is 57.2 Å². The molecule has 0 aliphatic carbocycles. The van der Waals surface area contributed by atoms with Gasteiger partial charge in [0.15, 0.2) is 0 Å². The number of rotatable bonds is 7. The van der Waals surface area contributed by atoms with Crippen LogP contribution in [0.4, 0.5) is 0 Å². The molecule has 1 heterocycles. The Hall–Kier alpha value is -3.20. The van der Waals surface area contributed by atoms with Crippen molar-refractivity contribution in [2.75, 3.05) is 0 Å². The summed E-state index contributed by atoms with van der Waals surface area (Å²) in [4.78, 5) is 28.5. The zero-order valence-electron chi connectivity index (χ0n) is 19.2. The normalized spacial score (nSPS) is 14.3. The zero-order chi connectivity index (χ0) is 22.7. The van der Waals surface area contributed by atoms with Crippen LogP contribution in [0.5, 0.6) is 0 Å². The van der Waals surface area contributed by atoms with Crippen molar-refractivity contribution in [3.05, 3.63) is 106 Å². The van der Waals surface area contributed by atoms with Gasteiger partial charge in [-0.3, -0.25) is 14.5 Å². The van der Waals surface area contributed by atoms with Crippen LogP contribution in [0.1, 0.15) is 67.0 Å². The monoisotopic (exact) mass is 425 g/mol. The van der Waals surface area contributed by atoms with E-state index >= 15 is 0 Å². The van der Waals surface area contributed by atoms with Gasteiger partial charge in [-0.25, -0.2) is 0 Å². The standard InChI is InChI=1S/C29H31NO2/c1-4-21-13-7-10-16-24(21)29(30-27(31)19-20-28(30)32,25-17-11-8-14-22(25)5-2)26-18-12-9-15-23(26)6-3/h7-18H,4-6,19-20H2,1-3H3. The molecule has 3 aromatic carbocycles. The molecule has 0 aromatic heterocycles. The molecule has 0 bridgehead atoms. The predicted octanol–water partition coefficient (Wildman–Crippen LogP) is 5.81. The molecule has 164 valence electrons. The summed E-state index contributed by atoms with van der Waals surface area (Å²) in [7, 11) is 0. The van der Waals surface area contributed by atoms with Gasteiger partial charge in [-0.05, 0) is 52.6 Å². The fourth-order valence-corrected chi connectivity index (χ4v) is 5.29. The van der Waals surface area contributed by atoms with Crippen molar-refractivity contribution < 1.29 is 9.59 Å². The van der Waals surface area contributed by atoms with E-state index in [4.69, 9.17) is 0 Å². The third-order valence-corrected chi connectivity index (χ3v) is 6.75. The molecule has 4 rings (SSSR count). The van der Waals surface area contributed by atoms with Crippen molar-refractivity contribution in [1.82, 2.24) is 4.90 Å². The van der Waals surface area contributed by atoms with Crippen LogP contribution in [0.3, 0.4) is 0 Å². The number of amides is 2. The molecule has 0 spiro atoms. The number of likely N-dealkylation sites (tertiary alicyclic amines) is 1. The van der Waals surface area contributed by atoms with Gasteiger partial charge in [0, 0.05) is 12.8 Å². The molecule has 3 heteroatoms. The van der Waals surface area contributed by atoms with Crippen molar-refractivity contribution in [2.24, 2.45) is 0 Å². The molecule has 1 saturated heterocycles. The molecule has 0 saturated carbocycles. The topological polar surface area (TPSA) is 37.4 Å². The molecule has 0 N–H and O–H groups in total. The molecule has 3 aromatic rings. The van der Waals surface area contributed by atoms with Crippen LogP contribution < -0.4 is 0 Å². The summed E-state index contributed by atoms with van der Waals surface area (Å²) >= 11 is 0. The maximum atomic E-state index is 13.5. The summed E-state index contributed by atoms with van der Waals surface area (Å²) in [5.41, 5.74) is 5.52. The third-order valence-electron chi connectivity index (χ3n) is 6.75. The van der Waals surface area contributed by atoms with Crippen molar-refractivity contribution in [3.8, 4) is 0 Å². The molecule has 2 amide bonds. The van der Waals surface area contributed by atoms with Crippen LogP contribution in [0, 0.1) is 0 Å². The van der Waals surface area contributed by atoms with E-state index in [-0.39, 0.29) is 24.7 Å². The van der Waals surface area contributed by atoms with Crippen LogP contribution in [0.25, 0.3) is 0 Å². The van der Waals surface area contributed by atoms with Gasteiger partial charge < -0.3 is 0 Å². The molecule has 1 aliphatic rings. The number of carbonyl (C=O) groups excluding carboxylic acids is 2. The van der Waals surface area contributed by atoms with Gasteiger partial charge in [0.2, 0.25) is 11.8 Å². The fraction of sp³-hybridized carbons (Fsp3) is 0.310. The summed E-state index contributed by atoms with van der Waals surface area (Å²) in [6.07, 6.45) is 2.97. The molecule has 0 radical (unpaired) electrons. The van der Waals surface area contributed by atoms with E-state index < -0.39 is 5.54 Å². The molecular weight excluding hydrogens is 394 g/mol. The van der Waals surface area contributed by atoms with E-state index in [1.165, 1.54) is 0 Å². The second-order valence-electron chi connectivity index (χ2n) is 8.37. The number of imide groups is 1. The van der Waals surface area contributed by atoms with Gasteiger partial charge in [0.1, 0.15) is 5.54 Å². The second-order valence-corrected chi connectivity index (χ2v) is 8.37. The lowest BCUT2D eigenvalue weighted by Gasteiger charge is -2.45. The smallest absolute Gasteiger partial charge is 0.231 e. The SMILES string of the molecule is CCc1ccccc1C(c1ccccc1CC)(c1ccccc1CC)N1C(=O)CCC1=O. The first-order valence-corrected chi connectivity index (χ1v) is 11.7. The molecular formula is C29H31NO2. The van der Waals surface area contributed by atoms with E-state index in [0.29, 0.717) is 0 Å². The largest absolute Gasteiger partial charge is 0.274 e. The molecule has 0 atom stereocenters. The Bertz CT molecular complexity index is 1020. The number of hydrogen-bond donors (Lipinski definition) is 0. The summed E-state index contributed by atoms with van der Waals surface area (Å²) in [6, 6.07) is 24.9. The van der Waals surface area contributed by atoms with Crippen LogP contribution in [-0.2, 0) is 34.4 Å². The van der Waals surface area contributed by atoms with Gasteiger partial charge in [-0.1, -0.05) is 93.6 Å². The molecule has 1 aliphatic heterocycles. The molecule has 3 nitrogen and oxygen atoms in total. The highest BCUT2D eigenvalue weighted by molar-refractivity contribution is 6.04. The number of carbonyl (C=O) groups is 2. The third kappa shape index (κ3) is 3.37. The maximum absolute atomic E-state index is 13.5. The second kappa shape index (κ2) is 9.12. The minimum absolute atomic E-state index is 0.0993. The maximum Gasteiger partial charge on any atom is 0.231 e. The Morgan fingerprint density at radius 2 is 0.906 bits per heavy atom. The quantitative estimate of drug-likeness (QED) is 0.354. The highest BCUT2D eigenvalue weighted by Crippen LogP contribution is 2.48. The fourth-order valence-electron chi connectivity index (χ4n) is 5.29. The van der Waals surface area contributed by atoms with Crippen LogP contribution >= 0.6 is 0 Å². The molecule has 0 unspecified atom stereocenters. The highest BCUT2D eigenvalue weighted by Gasteiger charge is 2.52. The number of aryl methyl sites for hydroxylation is 3. The van der Waals surface area contributed by atoms with Gasteiger partial charge in [-0.15, -0.1) is 0 Å². The van der Waals surface area contributed by atoms with Crippen LogP contribution in [0.15, 0.2) is 72.8 Å². The first-order valence-electron chi connectivity index (χ1n) is 11.7. The van der Waals surface area contributed by atoms with Crippen molar-refractivity contribution >= 4 is 11.8 Å². The average molecular weight is 426 g/mol. The zero-order valence-corrected chi connectivity index (χ0v) is 19.2. The Kier molecular flexibility index (Phi) is 6.27. The van der Waals surface area contributed by atoms with Crippen molar-refractivity contribution in [2.45, 2.75) is 58.4 Å². The van der Waals surface area contributed by atoms with E-state index in [1.807, 2.05) is 36.4 Å². The van der Waals surface area contributed by atoms with Gasteiger partial charge >= 0.3 is 0 Å². The molecule has 1 fully saturated rings. The minimum Gasteiger partial charge on any atom is -0.274 e. The average Bonchev–Trinajstić information content (AvgIpc) is 3.19. The first-order chi connectivity index (χ1) is 15.6. The first kappa shape index (κ1) is 22.0. The summed E-state index contributed by atoms with van der Waals surface area (Å²) in [6.45, 7) is 6.40. The Labute approximate surface area is 191 Å². The van der Waals surface area contributed by atoms with Crippen LogP contribution in [0.2, 0.25) is 0 Å². The van der Waals surface area contributed by atoms with Crippen molar-refractivity contribution in [3.63, 3.8) is 0 Å². The summed E-state index contributed by atoms with van der Waals surface area (Å²) in [5.74, 6) is -0.199. The summed E-state index contributed by atoms with van der Waals surface area (Å²) in [5, 5.41) is 0.